The molecular weight excluding hydrogens is 766 g/mol. The van der Waals surface area contributed by atoms with Crippen molar-refractivity contribution in [1.82, 2.24) is 4.57 Å². The van der Waals surface area contributed by atoms with Crippen molar-refractivity contribution in [3.63, 3.8) is 0 Å². The van der Waals surface area contributed by atoms with Gasteiger partial charge in [-0.25, -0.2) is 4.99 Å². The van der Waals surface area contributed by atoms with E-state index < -0.39 is 6.04 Å². The van der Waals surface area contributed by atoms with Gasteiger partial charge in [0.05, 0.1) is 32.5 Å². The van der Waals surface area contributed by atoms with Crippen LogP contribution in [0, 0.1) is 18.5 Å². The maximum absolute atomic E-state index is 14.1. The van der Waals surface area contributed by atoms with Crippen molar-refractivity contribution in [1.29, 1.82) is 5.26 Å². The molecule has 8 nitrogen and oxygen atoms in total. The van der Waals surface area contributed by atoms with Crippen molar-refractivity contribution in [2.75, 3.05) is 19.0 Å². The number of thiazole rings is 1. The minimum Gasteiger partial charge on any atom is -0.497 e. The topological polar surface area (TPSA) is 106 Å². The first-order chi connectivity index (χ1) is 19.8. The van der Waals surface area contributed by atoms with E-state index in [4.69, 9.17) is 19.7 Å². The summed E-state index contributed by atoms with van der Waals surface area (Å²) in [5.41, 5.74) is 2.62. The van der Waals surface area contributed by atoms with Gasteiger partial charge in [-0.15, -0.1) is 0 Å². The molecular formula is C30H22I2N4O4S. The Labute approximate surface area is 266 Å². The Morgan fingerprint density at radius 1 is 1.17 bits per heavy atom. The Morgan fingerprint density at radius 2 is 1.95 bits per heavy atom. The van der Waals surface area contributed by atoms with E-state index in [-0.39, 0.29) is 18.1 Å². The molecule has 0 unspecified atom stereocenters. The molecule has 0 saturated heterocycles. The number of ether oxygens (including phenoxy) is 2. The summed E-state index contributed by atoms with van der Waals surface area (Å²) >= 11 is 5.60. The van der Waals surface area contributed by atoms with E-state index in [2.05, 4.69) is 50.5 Å². The SMILES string of the molecule is COc1cccc([C@@H]2C(C(=O)Nc3ccccc3)=C(C)N=c3s/c(=C\c4cc(I)cc(I)c4OCC#N)c(=O)n32)c1. The van der Waals surface area contributed by atoms with Crippen LogP contribution >= 0.6 is 56.5 Å². The molecule has 206 valence electrons. The van der Waals surface area contributed by atoms with Crippen LogP contribution in [0.1, 0.15) is 24.1 Å². The minimum absolute atomic E-state index is 0.117. The number of nitrogens with zero attached hydrogens (tertiary/aromatic N) is 3. The fraction of sp³-hybridized carbons (Fsp3) is 0.133. The van der Waals surface area contributed by atoms with Crippen LogP contribution in [-0.4, -0.2) is 24.2 Å². The van der Waals surface area contributed by atoms with Crippen LogP contribution in [0.3, 0.4) is 0 Å². The number of para-hydroxylation sites is 1. The van der Waals surface area contributed by atoms with Crippen LogP contribution in [0.25, 0.3) is 6.08 Å². The van der Waals surface area contributed by atoms with E-state index in [1.54, 1.807) is 36.8 Å². The van der Waals surface area contributed by atoms with E-state index in [0.29, 0.717) is 48.9 Å². The number of methoxy groups -OCH3 is 1. The van der Waals surface area contributed by atoms with Gasteiger partial charge in [-0.2, -0.15) is 5.26 Å². The Morgan fingerprint density at radius 3 is 2.68 bits per heavy atom. The molecule has 0 radical (unpaired) electrons. The first-order valence-electron chi connectivity index (χ1n) is 12.3. The number of fused-ring (bicyclic) bond motifs is 1. The summed E-state index contributed by atoms with van der Waals surface area (Å²) in [6.07, 6.45) is 1.76. The van der Waals surface area contributed by atoms with Gasteiger partial charge in [0.25, 0.3) is 11.5 Å². The molecule has 0 saturated carbocycles. The van der Waals surface area contributed by atoms with Crippen molar-refractivity contribution in [2.24, 2.45) is 4.99 Å². The summed E-state index contributed by atoms with van der Waals surface area (Å²) in [4.78, 5) is 33.0. The van der Waals surface area contributed by atoms with Crippen LogP contribution in [0.2, 0.25) is 0 Å². The second kappa shape index (κ2) is 12.6. The fourth-order valence-electron chi connectivity index (χ4n) is 4.54. The average Bonchev–Trinajstić information content (AvgIpc) is 3.26. The lowest BCUT2D eigenvalue weighted by atomic mass is 9.95. The monoisotopic (exact) mass is 788 g/mol. The van der Waals surface area contributed by atoms with Crippen LogP contribution < -0.4 is 29.7 Å². The van der Waals surface area contributed by atoms with Gasteiger partial charge in [0.15, 0.2) is 11.4 Å². The smallest absolute Gasteiger partial charge is 0.271 e. The summed E-state index contributed by atoms with van der Waals surface area (Å²) in [5.74, 6) is 0.788. The Balaban J connectivity index is 1.70. The summed E-state index contributed by atoms with van der Waals surface area (Å²) < 4.78 is 15.0. The number of nitrogens with one attached hydrogen (secondary N) is 1. The normalized spacial score (nSPS) is 14.6. The zero-order chi connectivity index (χ0) is 29.1. The molecule has 5 rings (SSSR count). The highest BCUT2D eigenvalue weighted by atomic mass is 127. The van der Waals surface area contributed by atoms with E-state index in [1.165, 1.54) is 11.3 Å². The molecule has 1 atom stereocenters. The molecule has 3 aromatic carbocycles. The van der Waals surface area contributed by atoms with Gasteiger partial charge >= 0.3 is 0 Å². The number of allylic oxidation sites excluding steroid dienone is 1. The van der Waals surface area contributed by atoms with Crippen LogP contribution in [0.4, 0.5) is 5.69 Å². The second-order valence-electron chi connectivity index (χ2n) is 8.93. The molecule has 1 amide bonds. The highest BCUT2D eigenvalue weighted by molar-refractivity contribution is 14.1. The number of hydrogen-bond donors (Lipinski definition) is 1. The molecule has 41 heavy (non-hydrogen) atoms. The molecule has 4 aromatic rings. The van der Waals surface area contributed by atoms with E-state index in [9.17, 15) is 9.59 Å². The quantitative estimate of drug-likeness (QED) is 0.266. The number of anilines is 1. The van der Waals surface area contributed by atoms with Gasteiger partial charge in [0.1, 0.15) is 17.6 Å². The molecule has 1 aromatic heterocycles. The molecule has 11 heteroatoms. The number of rotatable bonds is 7. The lowest BCUT2D eigenvalue weighted by Crippen LogP contribution is -2.40. The number of carbonyl (C=O) groups is 1. The van der Waals surface area contributed by atoms with Crippen LogP contribution in [-0.2, 0) is 4.79 Å². The third-order valence-electron chi connectivity index (χ3n) is 6.31. The third kappa shape index (κ3) is 6.09. The van der Waals surface area contributed by atoms with Crippen molar-refractivity contribution >= 4 is 74.2 Å². The van der Waals surface area contributed by atoms with Crippen molar-refractivity contribution < 1.29 is 14.3 Å². The van der Waals surface area contributed by atoms with Crippen molar-refractivity contribution in [3.8, 4) is 17.6 Å². The molecule has 0 fully saturated rings. The van der Waals surface area contributed by atoms with Crippen molar-refractivity contribution in [3.05, 3.63) is 116 Å². The Hall–Kier alpha value is -3.48. The van der Waals surface area contributed by atoms with Gasteiger partial charge in [-0.05, 0) is 100 Å². The number of nitriles is 1. The molecule has 2 heterocycles. The highest BCUT2D eigenvalue weighted by Gasteiger charge is 2.33. The van der Waals surface area contributed by atoms with E-state index in [0.717, 1.165) is 7.14 Å². The first-order valence-corrected chi connectivity index (χ1v) is 15.3. The Bertz CT molecular complexity index is 1910. The average molecular weight is 788 g/mol. The molecule has 0 spiro atoms. The molecule has 1 N–H and O–H groups in total. The van der Waals surface area contributed by atoms with Gasteiger partial charge in [0, 0.05) is 14.8 Å². The zero-order valence-electron chi connectivity index (χ0n) is 21.9. The highest BCUT2D eigenvalue weighted by Crippen LogP contribution is 2.33. The van der Waals surface area contributed by atoms with Gasteiger partial charge in [-0.1, -0.05) is 41.7 Å². The van der Waals surface area contributed by atoms with Crippen molar-refractivity contribution in [2.45, 2.75) is 13.0 Å². The predicted molar refractivity (Wildman–Crippen MR) is 175 cm³/mol. The number of amides is 1. The lowest BCUT2D eigenvalue weighted by Gasteiger charge is -2.25. The molecule has 0 bridgehead atoms. The molecule has 1 aliphatic heterocycles. The summed E-state index contributed by atoms with van der Waals surface area (Å²) in [7, 11) is 1.57. The maximum Gasteiger partial charge on any atom is 0.271 e. The standard InChI is InChI=1S/C30H22I2N4O4S/c1-17-25(28(37)35-21-8-4-3-5-9-21)26(18-7-6-10-22(14-18)39-2)36-29(38)24(41-30(36)34-17)15-19-13-20(31)16-23(32)27(19)40-12-11-33/h3-10,13-16,26H,12H2,1-2H3,(H,35,37)/b24-15-/t26-/m1/s1. The summed E-state index contributed by atoms with van der Waals surface area (Å²) in [6.45, 7) is 1.66. The first kappa shape index (κ1) is 29.0. The van der Waals surface area contributed by atoms with Gasteiger partial charge < -0.3 is 14.8 Å². The number of hydrogen-bond acceptors (Lipinski definition) is 7. The third-order valence-corrected chi connectivity index (χ3v) is 8.72. The lowest BCUT2D eigenvalue weighted by molar-refractivity contribution is -0.113. The second-order valence-corrected chi connectivity index (χ2v) is 12.3. The maximum atomic E-state index is 14.1. The van der Waals surface area contributed by atoms with E-state index in [1.807, 2.05) is 60.7 Å². The number of halogens is 2. The summed E-state index contributed by atoms with van der Waals surface area (Å²) in [6, 6.07) is 21.6. The molecule has 0 aliphatic carbocycles. The Kier molecular flexibility index (Phi) is 8.91. The van der Waals surface area contributed by atoms with E-state index >= 15 is 0 Å². The fourth-order valence-corrected chi connectivity index (χ4v) is 7.63. The van der Waals surface area contributed by atoms with Crippen LogP contribution in [0.15, 0.2) is 87.8 Å². The number of carbonyl (C=O) groups excluding carboxylic acids is 1. The number of aromatic nitrogens is 1. The largest absolute Gasteiger partial charge is 0.497 e. The van der Waals surface area contributed by atoms with Gasteiger partial charge in [-0.3, -0.25) is 14.2 Å². The zero-order valence-corrected chi connectivity index (χ0v) is 27.0. The minimum atomic E-state index is -0.738. The van der Waals surface area contributed by atoms with Crippen LogP contribution in [0.5, 0.6) is 11.5 Å². The predicted octanol–water partition coefficient (Wildman–Crippen LogP) is 4.99. The number of benzene rings is 3. The van der Waals surface area contributed by atoms with Gasteiger partial charge in [0.2, 0.25) is 0 Å². The molecule has 1 aliphatic rings. The summed E-state index contributed by atoms with van der Waals surface area (Å²) in [5, 5.41) is 12.0.